The summed E-state index contributed by atoms with van der Waals surface area (Å²) in [5, 5.41) is 34.9. The SMILES string of the molecule is CC(O)C(NC(=O)C(CCC(N)=O)NC(=O)C(N)CO)C(=O)NC(CCCCN)C(=O)O. The number of carboxylic acid groups (broad SMARTS) is 1. The van der Waals surface area contributed by atoms with Gasteiger partial charge in [0.05, 0.1) is 12.7 Å². The van der Waals surface area contributed by atoms with E-state index in [4.69, 9.17) is 22.3 Å². The number of amides is 4. The van der Waals surface area contributed by atoms with E-state index in [0.29, 0.717) is 19.4 Å². The molecular formula is C18H34N6O8. The van der Waals surface area contributed by atoms with Gasteiger partial charge < -0.3 is 48.5 Å². The van der Waals surface area contributed by atoms with Gasteiger partial charge in [-0.15, -0.1) is 0 Å². The number of nitrogens with one attached hydrogen (secondary N) is 3. The quantitative estimate of drug-likeness (QED) is 0.0994. The van der Waals surface area contributed by atoms with Crippen molar-refractivity contribution < 1.29 is 39.3 Å². The van der Waals surface area contributed by atoms with Gasteiger partial charge in [-0.25, -0.2) is 4.79 Å². The van der Waals surface area contributed by atoms with Crippen LogP contribution in [0.4, 0.5) is 0 Å². The predicted molar refractivity (Wildman–Crippen MR) is 112 cm³/mol. The van der Waals surface area contributed by atoms with Crippen LogP contribution in [-0.4, -0.2) is 88.3 Å². The molecule has 14 heteroatoms. The van der Waals surface area contributed by atoms with Gasteiger partial charge in [0.2, 0.25) is 23.6 Å². The standard InChI is InChI=1S/C18H34N6O8/c1-9(26)14(17(30)23-12(18(31)32)4-2-3-7-19)24-16(29)11(5-6-13(21)27)22-15(28)10(20)8-25/h9-12,14,25-26H,2-8,19-20H2,1H3,(H2,21,27)(H,22,28)(H,23,30)(H,24,29)(H,31,32). The average molecular weight is 463 g/mol. The summed E-state index contributed by atoms with van der Waals surface area (Å²) in [4.78, 5) is 59.6. The summed E-state index contributed by atoms with van der Waals surface area (Å²) >= 11 is 0. The zero-order valence-electron chi connectivity index (χ0n) is 18.0. The van der Waals surface area contributed by atoms with Crippen LogP contribution < -0.4 is 33.2 Å². The summed E-state index contributed by atoms with van der Waals surface area (Å²) < 4.78 is 0. The average Bonchev–Trinajstić information content (AvgIpc) is 2.72. The van der Waals surface area contributed by atoms with Gasteiger partial charge in [-0.1, -0.05) is 0 Å². The zero-order chi connectivity index (χ0) is 24.8. The van der Waals surface area contributed by atoms with Crippen molar-refractivity contribution in [3.05, 3.63) is 0 Å². The molecule has 12 N–H and O–H groups in total. The number of carboxylic acids is 1. The first-order valence-electron chi connectivity index (χ1n) is 10.1. The molecule has 0 spiro atoms. The van der Waals surface area contributed by atoms with Crippen molar-refractivity contribution in [1.29, 1.82) is 0 Å². The zero-order valence-corrected chi connectivity index (χ0v) is 18.0. The summed E-state index contributed by atoms with van der Waals surface area (Å²) in [6.07, 6.45) is -0.880. The third kappa shape index (κ3) is 11.0. The Morgan fingerprint density at radius 2 is 1.50 bits per heavy atom. The van der Waals surface area contributed by atoms with Crippen molar-refractivity contribution in [1.82, 2.24) is 16.0 Å². The van der Waals surface area contributed by atoms with Crippen LogP contribution in [0.25, 0.3) is 0 Å². The second-order valence-corrected chi connectivity index (χ2v) is 7.27. The second kappa shape index (κ2) is 15.1. The van der Waals surface area contributed by atoms with Crippen LogP contribution in [0.1, 0.15) is 39.0 Å². The molecule has 0 aliphatic heterocycles. The number of unbranched alkanes of at least 4 members (excludes halogenated alkanes) is 1. The van der Waals surface area contributed by atoms with Crippen molar-refractivity contribution in [2.75, 3.05) is 13.2 Å². The van der Waals surface area contributed by atoms with Crippen LogP contribution in [0.15, 0.2) is 0 Å². The lowest BCUT2D eigenvalue weighted by Gasteiger charge is -2.26. The number of primary amides is 1. The maximum Gasteiger partial charge on any atom is 0.326 e. The molecule has 0 rings (SSSR count). The highest BCUT2D eigenvalue weighted by molar-refractivity contribution is 5.94. The molecule has 0 bridgehead atoms. The lowest BCUT2D eigenvalue weighted by molar-refractivity contribution is -0.143. The van der Waals surface area contributed by atoms with E-state index in [9.17, 15) is 34.2 Å². The van der Waals surface area contributed by atoms with Gasteiger partial charge in [0.1, 0.15) is 24.2 Å². The highest BCUT2D eigenvalue weighted by atomic mass is 16.4. The molecule has 0 radical (unpaired) electrons. The van der Waals surface area contributed by atoms with E-state index in [0.717, 1.165) is 0 Å². The number of aliphatic carboxylic acids is 1. The molecule has 0 aromatic rings. The Morgan fingerprint density at radius 1 is 0.906 bits per heavy atom. The normalized spacial score (nSPS) is 15.5. The van der Waals surface area contributed by atoms with E-state index in [-0.39, 0.29) is 19.3 Å². The Balaban J connectivity index is 5.36. The number of hydrogen-bond acceptors (Lipinski definition) is 9. The second-order valence-electron chi connectivity index (χ2n) is 7.27. The smallest absolute Gasteiger partial charge is 0.326 e. The van der Waals surface area contributed by atoms with E-state index in [2.05, 4.69) is 16.0 Å². The van der Waals surface area contributed by atoms with Crippen molar-refractivity contribution in [2.45, 2.75) is 69.3 Å². The van der Waals surface area contributed by atoms with Gasteiger partial charge in [0.25, 0.3) is 0 Å². The van der Waals surface area contributed by atoms with E-state index in [1.165, 1.54) is 6.92 Å². The Labute approximate surface area is 185 Å². The molecule has 0 aliphatic rings. The summed E-state index contributed by atoms with van der Waals surface area (Å²) in [7, 11) is 0. The molecule has 5 atom stereocenters. The number of rotatable bonds is 16. The van der Waals surface area contributed by atoms with Gasteiger partial charge in [-0.3, -0.25) is 19.2 Å². The molecule has 0 saturated heterocycles. The fourth-order valence-electron chi connectivity index (χ4n) is 2.59. The lowest BCUT2D eigenvalue weighted by atomic mass is 10.1. The highest BCUT2D eigenvalue weighted by Gasteiger charge is 2.32. The Bertz CT molecular complexity index is 659. The highest BCUT2D eigenvalue weighted by Crippen LogP contribution is 2.05. The molecular weight excluding hydrogens is 428 g/mol. The summed E-state index contributed by atoms with van der Waals surface area (Å²) in [5.74, 6) is -4.84. The lowest BCUT2D eigenvalue weighted by Crippen LogP contribution is -2.60. The molecule has 184 valence electrons. The topological polar surface area (TPSA) is 260 Å². The minimum Gasteiger partial charge on any atom is -0.480 e. The maximum absolute atomic E-state index is 12.6. The molecule has 0 heterocycles. The Morgan fingerprint density at radius 3 is 1.97 bits per heavy atom. The van der Waals surface area contributed by atoms with Crippen LogP contribution >= 0.6 is 0 Å². The van der Waals surface area contributed by atoms with Gasteiger partial charge >= 0.3 is 5.97 Å². The predicted octanol–water partition coefficient (Wildman–Crippen LogP) is -4.38. The van der Waals surface area contributed by atoms with E-state index >= 15 is 0 Å². The van der Waals surface area contributed by atoms with Crippen molar-refractivity contribution in [3.63, 3.8) is 0 Å². The molecule has 0 fully saturated rings. The van der Waals surface area contributed by atoms with Crippen LogP contribution in [-0.2, 0) is 24.0 Å². The third-order valence-electron chi connectivity index (χ3n) is 4.47. The molecule has 0 aliphatic carbocycles. The third-order valence-corrected chi connectivity index (χ3v) is 4.47. The molecule has 5 unspecified atom stereocenters. The Kier molecular flexibility index (Phi) is 13.7. The number of carbonyl (C=O) groups is 5. The van der Waals surface area contributed by atoms with Crippen LogP contribution in [0.3, 0.4) is 0 Å². The summed E-state index contributed by atoms with van der Waals surface area (Å²) in [6.45, 7) is 0.855. The number of nitrogens with two attached hydrogens (primary N) is 3. The summed E-state index contributed by atoms with van der Waals surface area (Å²) in [6, 6.07) is -5.51. The van der Waals surface area contributed by atoms with Crippen LogP contribution in [0.2, 0.25) is 0 Å². The minimum absolute atomic E-state index is 0.0924. The Hall–Kier alpha value is -2.81. The van der Waals surface area contributed by atoms with Gasteiger partial charge in [0.15, 0.2) is 0 Å². The first kappa shape index (κ1) is 29.2. The fraction of sp³-hybridized carbons (Fsp3) is 0.722. The van der Waals surface area contributed by atoms with E-state index in [1.54, 1.807) is 0 Å². The number of aliphatic hydroxyl groups is 2. The van der Waals surface area contributed by atoms with E-state index in [1.807, 2.05) is 0 Å². The first-order valence-corrected chi connectivity index (χ1v) is 10.1. The molecule has 0 aromatic heterocycles. The molecule has 14 nitrogen and oxygen atoms in total. The van der Waals surface area contributed by atoms with Gasteiger partial charge in [-0.05, 0) is 39.2 Å². The van der Waals surface area contributed by atoms with Gasteiger partial charge in [-0.2, -0.15) is 0 Å². The molecule has 0 saturated carbocycles. The number of carbonyl (C=O) groups excluding carboxylic acids is 4. The maximum atomic E-state index is 12.6. The van der Waals surface area contributed by atoms with Crippen molar-refractivity contribution in [2.24, 2.45) is 17.2 Å². The first-order chi connectivity index (χ1) is 14.9. The summed E-state index contributed by atoms with van der Waals surface area (Å²) in [5.41, 5.74) is 15.8. The van der Waals surface area contributed by atoms with Crippen molar-refractivity contribution in [3.8, 4) is 0 Å². The monoisotopic (exact) mass is 462 g/mol. The van der Waals surface area contributed by atoms with E-state index < -0.39 is 66.5 Å². The molecule has 32 heavy (non-hydrogen) atoms. The largest absolute Gasteiger partial charge is 0.480 e. The van der Waals surface area contributed by atoms with Crippen molar-refractivity contribution >= 4 is 29.6 Å². The number of aliphatic hydroxyl groups excluding tert-OH is 2. The van der Waals surface area contributed by atoms with Crippen LogP contribution in [0.5, 0.6) is 0 Å². The molecule has 4 amide bonds. The minimum atomic E-state index is -1.56. The van der Waals surface area contributed by atoms with Gasteiger partial charge in [0, 0.05) is 6.42 Å². The number of hydrogen-bond donors (Lipinski definition) is 9. The fourth-order valence-corrected chi connectivity index (χ4v) is 2.59. The van der Waals surface area contributed by atoms with Crippen LogP contribution in [0, 0.1) is 0 Å². The molecule has 0 aromatic carbocycles.